The van der Waals surface area contributed by atoms with Crippen molar-refractivity contribution in [2.24, 2.45) is 5.92 Å². The summed E-state index contributed by atoms with van der Waals surface area (Å²) in [5, 5.41) is 5.76. The van der Waals surface area contributed by atoms with E-state index in [9.17, 15) is 4.79 Å². The van der Waals surface area contributed by atoms with Gasteiger partial charge in [0.15, 0.2) is 0 Å². The van der Waals surface area contributed by atoms with E-state index in [2.05, 4.69) is 10.6 Å². The number of hydrogen-bond acceptors (Lipinski definition) is 2. The van der Waals surface area contributed by atoms with Gasteiger partial charge >= 0.3 is 6.03 Å². The van der Waals surface area contributed by atoms with Crippen molar-refractivity contribution in [1.29, 1.82) is 0 Å². The number of carbonyl (C=O) groups excluding carboxylic acids is 1. The summed E-state index contributed by atoms with van der Waals surface area (Å²) in [4.78, 5) is 11.4. The highest BCUT2D eigenvalue weighted by molar-refractivity contribution is 5.73. The molecule has 0 radical (unpaired) electrons. The summed E-state index contributed by atoms with van der Waals surface area (Å²) in [6.07, 6.45) is 6.29. The molecule has 0 bridgehead atoms. The molecule has 2 rings (SSSR count). The van der Waals surface area contributed by atoms with E-state index in [0.717, 1.165) is 31.9 Å². The summed E-state index contributed by atoms with van der Waals surface area (Å²) in [7, 11) is 0. The first-order valence-corrected chi connectivity index (χ1v) is 5.98. The summed E-state index contributed by atoms with van der Waals surface area (Å²) in [5.74, 6) is 0.721. The van der Waals surface area contributed by atoms with Gasteiger partial charge in [-0.15, -0.1) is 0 Å². The third-order valence-corrected chi connectivity index (χ3v) is 3.29. The normalized spacial score (nSPS) is 26.0. The minimum atomic E-state index is -0.0441. The third-order valence-electron chi connectivity index (χ3n) is 3.29. The molecule has 1 saturated heterocycles. The van der Waals surface area contributed by atoms with Crippen LogP contribution in [0.3, 0.4) is 0 Å². The van der Waals surface area contributed by atoms with E-state index in [1.54, 1.807) is 0 Å². The fourth-order valence-corrected chi connectivity index (χ4v) is 2.01. The van der Waals surface area contributed by atoms with Crippen molar-refractivity contribution in [3.8, 4) is 0 Å². The third kappa shape index (κ3) is 3.38. The van der Waals surface area contributed by atoms with Gasteiger partial charge in [-0.2, -0.15) is 0 Å². The summed E-state index contributed by atoms with van der Waals surface area (Å²) in [6, 6.07) is -0.0441. The standard InChI is InChI=1S/C11H20N2O2/c14-11(12-7-9-3-1-4-9)13-8-10-5-2-6-15-10/h9-10H,1-8H2,(H2,12,13,14). The Morgan fingerprint density at radius 3 is 2.53 bits per heavy atom. The topological polar surface area (TPSA) is 50.4 Å². The van der Waals surface area contributed by atoms with Gasteiger partial charge in [-0.05, 0) is 31.6 Å². The van der Waals surface area contributed by atoms with E-state index in [1.807, 2.05) is 0 Å². The number of urea groups is 1. The fourth-order valence-electron chi connectivity index (χ4n) is 2.01. The van der Waals surface area contributed by atoms with Crippen molar-refractivity contribution in [3.63, 3.8) is 0 Å². The molecule has 4 heteroatoms. The van der Waals surface area contributed by atoms with Gasteiger partial charge in [-0.3, -0.25) is 0 Å². The fraction of sp³-hybridized carbons (Fsp3) is 0.909. The molecule has 0 spiro atoms. The first-order valence-electron chi connectivity index (χ1n) is 5.98. The Bertz CT molecular complexity index is 211. The van der Waals surface area contributed by atoms with Crippen LogP contribution in [-0.4, -0.2) is 31.8 Å². The van der Waals surface area contributed by atoms with Gasteiger partial charge in [0.05, 0.1) is 6.10 Å². The second-order valence-corrected chi connectivity index (χ2v) is 4.52. The van der Waals surface area contributed by atoms with E-state index < -0.39 is 0 Å². The summed E-state index contributed by atoms with van der Waals surface area (Å²) in [5.41, 5.74) is 0. The Balaban J connectivity index is 1.51. The Hall–Kier alpha value is -0.770. The zero-order chi connectivity index (χ0) is 10.5. The molecule has 1 saturated carbocycles. The lowest BCUT2D eigenvalue weighted by atomic mass is 9.85. The number of amides is 2. The number of nitrogens with one attached hydrogen (secondary N) is 2. The van der Waals surface area contributed by atoms with Crippen LogP contribution in [0.4, 0.5) is 4.79 Å². The average molecular weight is 212 g/mol. The molecule has 0 aromatic heterocycles. The molecular weight excluding hydrogens is 192 g/mol. The monoisotopic (exact) mass is 212 g/mol. The van der Waals surface area contributed by atoms with Crippen LogP contribution in [0.25, 0.3) is 0 Å². The molecule has 2 aliphatic rings. The minimum absolute atomic E-state index is 0.0441. The highest BCUT2D eigenvalue weighted by Gasteiger charge is 2.19. The highest BCUT2D eigenvalue weighted by atomic mass is 16.5. The molecule has 2 fully saturated rings. The predicted octanol–water partition coefficient (Wildman–Crippen LogP) is 1.26. The molecule has 1 atom stereocenters. The van der Waals surface area contributed by atoms with E-state index >= 15 is 0 Å². The van der Waals surface area contributed by atoms with Crippen molar-refractivity contribution in [3.05, 3.63) is 0 Å². The van der Waals surface area contributed by atoms with Crippen LogP contribution in [0.1, 0.15) is 32.1 Å². The smallest absolute Gasteiger partial charge is 0.314 e. The summed E-state index contributed by atoms with van der Waals surface area (Å²) >= 11 is 0. The molecule has 1 aliphatic carbocycles. The molecule has 2 N–H and O–H groups in total. The van der Waals surface area contributed by atoms with E-state index in [-0.39, 0.29) is 12.1 Å². The molecule has 0 aromatic carbocycles. The first-order chi connectivity index (χ1) is 7.34. The maximum atomic E-state index is 11.4. The van der Waals surface area contributed by atoms with Crippen LogP contribution in [0.2, 0.25) is 0 Å². The Labute approximate surface area is 90.8 Å². The molecule has 2 amide bonds. The largest absolute Gasteiger partial charge is 0.376 e. The maximum Gasteiger partial charge on any atom is 0.314 e. The second kappa shape index (κ2) is 5.35. The van der Waals surface area contributed by atoms with E-state index in [4.69, 9.17) is 4.74 Å². The van der Waals surface area contributed by atoms with Crippen LogP contribution < -0.4 is 10.6 Å². The Kier molecular flexibility index (Phi) is 3.83. The highest BCUT2D eigenvalue weighted by Crippen LogP contribution is 2.24. The minimum Gasteiger partial charge on any atom is -0.376 e. The van der Waals surface area contributed by atoms with Crippen molar-refractivity contribution in [2.75, 3.05) is 19.7 Å². The molecule has 1 heterocycles. The van der Waals surface area contributed by atoms with Crippen LogP contribution in [0, 0.1) is 5.92 Å². The van der Waals surface area contributed by atoms with Crippen molar-refractivity contribution in [1.82, 2.24) is 10.6 Å². The van der Waals surface area contributed by atoms with E-state index in [0.29, 0.717) is 6.54 Å². The number of hydrogen-bond donors (Lipinski definition) is 2. The summed E-state index contributed by atoms with van der Waals surface area (Å²) in [6.45, 7) is 2.32. The van der Waals surface area contributed by atoms with Gasteiger partial charge in [0.25, 0.3) is 0 Å². The average Bonchev–Trinajstić information content (AvgIpc) is 2.64. The Morgan fingerprint density at radius 1 is 1.13 bits per heavy atom. The quantitative estimate of drug-likeness (QED) is 0.737. The zero-order valence-electron chi connectivity index (χ0n) is 9.13. The van der Waals surface area contributed by atoms with Crippen LogP contribution in [0.5, 0.6) is 0 Å². The molecular formula is C11H20N2O2. The van der Waals surface area contributed by atoms with Gasteiger partial charge in [0, 0.05) is 19.7 Å². The lowest BCUT2D eigenvalue weighted by molar-refractivity contribution is 0.111. The van der Waals surface area contributed by atoms with Crippen LogP contribution in [-0.2, 0) is 4.74 Å². The van der Waals surface area contributed by atoms with Gasteiger partial charge in [-0.1, -0.05) is 6.42 Å². The molecule has 86 valence electrons. The van der Waals surface area contributed by atoms with Crippen molar-refractivity contribution < 1.29 is 9.53 Å². The van der Waals surface area contributed by atoms with Crippen LogP contribution >= 0.6 is 0 Å². The molecule has 15 heavy (non-hydrogen) atoms. The van der Waals surface area contributed by atoms with Gasteiger partial charge < -0.3 is 15.4 Å². The SMILES string of the molecule is O=C(NCC1CCC1)NCC1CCCO1. The maximum absolute atomic E-state index is 11.4. The summed E-state index contributed by atoms with van der Waals surface area (Å²) < 4.78 is 5.42. The van der Waals surface area contributed by atoms with Gasteiger partial charge in [-0.25, -0.2) is 4.79 Å². The van der Waals surface area contributed by atoms with E-state index in [1.165, 1.54) is 19.3 Å². The second-order valence-electron chi connectivity index (χ2n) is 4.52. The predicted molar refractivity (Wildman–Crippen MR) is 57.7 cm³/mol. The molecule has 4 nitrogen and oxygen atoms in total. The molecule has 1 aliphatic heterocycles. The van der Waals surface area contributed by atoms with Gasteiger partial charge in [0.1, 0.15) is 0 Å². The molecule has 1 unspecified atom stereocenters. The Morgan fingerprint density at radius 2 is 1.93 bits per heavy atom. The van der Waals surface area contributed by atoms with Crippen LogP contribution in [0.15, 0.2) is 0 Å². The molecule has 0 aromatic rings. The zero-order valence-corrected chi connectivity index (χ0v) is 9.13. The lowest BCUT2D eigenvalue weighted by Crippen LogP contribution is -2.42. The van der Waals surface area contributed by atoms with Crippen molar-refractivity contribution >= 4 is 6.03 Å². The lowest BCUT2D eigenvalue weighted by Gasteiger charge is -2.25. The first kappa shape index (κ1) is 10.7. The number of ether oxygens (including phenoxy) is 1. The van der Waals surface area contributed by atoms with Crippen molar-refractivity contribution in [2.45, 2.75) is 38.2 Å². The number of carbonyl (C=O) groups is 1. The van der Waals surface area contributed by atoms with Gasteiger partial charge in [0.2, 0.25) is 0 Å². The number of rotatable bonds is 4.